The van der Waals surface area contributed by atoms with E-state index in [-0.39, 0.29) is 25.0 Å². The Balaban J connectivity index is 1.79. The topological polar surface area (TPSA) is 208 Å². The van der Waals surface area contributed by atoms with Crippen molar-refractivity contribution in [1.82, 2.24) is 0 Å². The van der Waals surface area contributed by atoms with Crippen LogP contribution in [0.3, 0.4) is 0 Å². The summed E-state index contributed by atoms with van der Waals surface area (Å²) in [5.41, 5.74) is -6.26. The summed E-state index contributed by atoms with van der Waals surface area (Å²) in [5, 5.41) is 60.2. The maximum atomic E-state index is 12.2. The number of aliphatic carboxylic acids is 3. The largest absolute Gasteiger partial charge is 0.479 e. The van der Waals surface area contributed by atoms with E-state index in [1.807, 2.05) is 30.3 Å². The molecule has 2 aliphatic heterocycles. The molecule has 6 unspecified atom stereocenters. The summed E-state index contributed by atoms with van der Waals surface area (Å²) in [6, 6.07) is 9.20. The number of hydrogen-bond donors (Lipinski definition) is 6. The molecule has 0 aliphatic carbocycles. The molecule has 180 valence electrons. The highest BCUT2D eigenvalue weighted by Crippen LogP contribution is 2.54. The molecular formula is C21H24O12. The number of aryl methyl sites for hydroxylation is 1. The lowest BCUT2D eigenvalue weighted by molar-refractivity contribution is -0.374. The Morgan fingerprint density at radius 2 is 1.55 bits per heavy atom. The molecule has 0 saturated carbocycles. The van der Waals surface area contributed by atoms with E-state index in [0.717, 1.165) is 5.56 Å². The summed E-state index contributed by atoms with van der Waals surface area (Å²) in [6.45, 7) is 0. The highest BCUT2D eigenvalue weighted by molar-refractivity contribution is 5.97. The molecule has 0 aromatic heterocycles. The molecule has 0 amide bonds. The fourth-order valence-corrected chi connectivity index (χ4v) is 4.41. The normalized spacial score (nSPS) is 35.2. The van der Waals surface area contributed by atoms with Gasteiger partial charge in [0, 0.05) is 19.3 Å². The van der Waals surface area contributed by atoms with Crippen molar-refractivity contribution in [2.75, 3.05) is 0 Å². The van der Waals surface area contributed by atoms with E-state index >= 15 is 0 Å². The summed E-state index contributed by atoms with van der Waals surface area (Å²) in [6.07, 6.45) is -7.36. The van der Waals surface area contributed by atoms with E-state index in [9.17, 15) is 49.8 Å². The zero-order valence-corrected chi connectivity index (χ0v) is 17.3. The lowest BCUT2D eigenvalue weighted by Crippen LogP contribution is -2.77. The Bertz CT molecular complexity index is 948. The number of benzene rings is 1. The smallest absolute Gasteiger partial charge is 0.343 e. The van der Waals surface area contributed by atoms with E-state index < -0.39 is 59.6 Å². The van der Waals surface area contributed by atoms with Crippen LogP contribution in [0.5, 0.6) is 0 Å². The van der Waals surface area contributed by atoms with Gasteiger partial charge in [0.15, 0.2) is 5.79 Å². The van der Waals surface area contributed by atoms with Crippen molar-refractivity contribution >= 4 is 23.7 Å². The Hall–Kier alpha value is -2.90. The Morgan fingerprint density at radius 1 is 0.909 bits per heavy atom. The number of ketones is 1. The summed E-state index contributed by atoms with van der Waals surface area (Å²) in [7, 11) is 0. The molecule has 12 nitrogen and oxygen atoms in total. The molecule has 2 fully saturated rings. The first-order valence-corrected chi connectivity index (χ1v) is 10.1. The van der Waals surface area contributed by atoms with Crippen molar-refractivity contribution < 1.29 is 59.3 Å². The fraction of sp³-hybridized carbons (Fsp3) is 0.524. The van der Waals surface area contributed by atoms with Gasteiger partial charge < -0.3 is 40.1 Å². The number of Topliss-reactive ketones (excluding diaryl/α,β-unsaturated/α-hetero) is 1. The molecule has 33 heavy (non-hydrogen) atoms. The van der Waals surface area contributed by atoms with Gasteiger partial charge in [-0.3, -0.25) is 4.79 Å². The molecule has 2 aliphatic rings. The molecule has 1 aromatic carbocycles. The van der Waals surface area contributed by atoms with Crippen LogP contribution < -0.4 is 0 Å². The predicted molar refractivity (Wildman–Crippen MR) is 105 cm³/mol. The highest BCUT2D eigenvalue weighted by Gasteiger charge is 2.84. The molecule has 6 N–H and O–H groups in total. The number of aliphatic hydroxyl groups is 3. The second kappa shape index (κ2) is 8.80. The van der Waals surface area contributed by atoms with Crippen LogP contribution in [0.2, 0.25) is 0 Å². The predicted octanol–water partition coefficient (Wildman–Crippen LogP) is -1.07. The minimum absolute atomic E-state index is 0.0644. The van der Waals surface area contributed by atoms with Crippen molar-refractivity contribution in [3.05, 3.63) is 35.9 Å². The van der Waals surface area contributed by atoms with E-state index in [1.165, 1.54) is 0 Å². The monoisotopic (exact) mass is 468 g/mol. The van der Waals surface area contributed by atoms with Gasteiger partial charge in [0.2, 0.25) is 17.3 Å². The van der Waals surface area contributed by atoms with Gasteiger partial charge in [-0.05, 0) is 18.4 Å². The molecule has 12 heteroatoms. The van der Waals surface area contributed by atoms with Gasteiger partial charge in [-0.15, -0.1) is 0 Å². The van der Waals surface area contributed by atoms with Crippen molar-refractivity contribution in [2.24, 2.45) is 0 Å². The van der Waals surface area contributed by atoms with Crippen LogP contribution in [-0.4, -0.2) is 89.6 Å². The quantitative estimate of drug-likeness (QED) is 0.243. The fourth-order valence-electron chi connectivity index (χ4n) is 4.41. The van der Waals surface area contributed by atoms with Crippen molar-refractivity contribution in [3.8, 4) is 0 Å². The number of carbonyl (C=O) groups is 4. The molecule has 1 aromatic rings. The molecular weight excluding hydrogens is 444 g/mol. The summed E-state index contributed by atoms with van der Waals surface area (Å²) in [4.78, 5) is 47.7. The van der Waals surface area contributed by atoms with E-state index in [4.69, 9.17) is 9.47 Å². The van der Waals surface area contributed by atoms with E-state index in [2.05, 4.69) is 0 Å². The van der Waals surface area contributed by atoms with Crippen LogP contribution >= 0.6 is 0 Å². The number of ether oxygens (including phenoxy) is 2. The molecule has 0 spiro atoms. The number of rotatable bonds is 10. The Labute approximate surface area is 187 Å². The summed E-state index contributed by atoms with van der Waals surface area (Å²) < 4.78 is 10.3. The Kier molecular flexibility index (Phi) is 6.60. The molecule has 2 saturated heterocycles. The van der Waals surface area contributed by atoms with Crippen molar-refractivity contribution in [1.29, 1.82) is 0 Å². The number of carbonyl (C=O) groups excluding carboxylic acids is 1. The van der Waals surface area contributed by atoms with Gasteiger partial charge in [-0.1, -0.05) is 30.3 Å². The lowest BCUT2D eigenvalue weighted by Gasteiger charge is -2.48. The van der Waals surface area contributed by atoms with Crippen molar-refractivity contribution in [3.63, 3.8) is 0 Å². The highest BCUT2D eigenvalue weighted by atomic mass is 16.8. The first kappa shape index (κ1) is 24.7. The second-order valence-electron chi connectivity index (χ2n) is 8.13. The van der Waals surface area contributed by atoms with Crippen LogP contribution in [0, 0.1) is 0 Å². The van der Waals surface area contributed by atoms with Crippen LogP contribution in [0.1, 0.15) is 31.2 Å². The van der Waals surface area contributed by atoms with E-state index in [0.29, 0.717) is 6.42 Å². The second-order valence-corrected chi connectivity index (χ2v) is 8.13. The maximum Gasteiger partial charge on any atom is 0.343 e. The van der Waals surface area contributed by atoms with Gasteiger partial charge in [-0.2, -0.15) is 0 Å². The molecule has 6 atom stereocenters. The number of fused-ring (bicyclic) bond motifs is 2. The van der Waals surface area contributed by atoms with Gasteiger partial charge in [0.1, 0.15) is 18.0 Å². The SMILES string of the molecule is O=C(CCCC12OC(C(=O)O)C(O)(C(=O)O)C(C(=O)O)(O1)C(O)C2O)CCc1ccccc1. The number of hydrogen-bond acceptors (Lipinski definition) is 9. The third-order valence-electron chi connectivity index (χ3n) is 6.15. The first-order chi connectivity index (χ1) is 15.4. The molecule has 2 heterocycles. The molecule has 2 bridgehead atoms. The zero-order chi connectivity index (χ0) is 24.6. The van der Waals surface area contributed by atoms with Crippen LogP contribution in [0.15, 0.2) is 30.3 Å². The van der Waals surface area contributed by atoms with Gasteiger partial charge >= 0.3 is 17.9 Å². The molecule has 0 radical (unpaired) electrons. The van der Waals surface area contributed by atoms with Crippen LogP contribution in [0.4, 0.5) is 0 Å². The van der Waals surface area contributed by atoms with Gasteiger partial charge in [0.25, 0.3) is 0 Å². The standard InChI is InChI=1S/C21H24O12/c22-12(9-8-11-5-2-1-3-6-11)7-4-10-19-13(23)14(24)21(33-19,18(29)30)20(31,17(27)28)15(32-19)16(25)26/h1-3,5-6,13-15,23-24,31H,4,7-10H2,(H,25,26)(H,27,28)(H,29,30). The minimum atomic E-state index is -3.77. The number of carboxylic acids is 3. The third kappa shape index (κ3) is 3.79. The number of carboxylic acid groups (broad SMARTS) is 3. The minimum Gasteiger partial charge on any atom is -0.479 e. The van der Waals surface area contributed by atoms with Crippen LogP contribution in [-0.2, 0) is 35.1 Å². The Morgan fingerprint density at radius 3 is 2.09 bits per heavy atom. The van der Waals surface area contributed by atoms with E-state index in [1.54, 1.807) is 0 Å². The van der Waals surface area contributed by atoms with Crippen LogP contribution in [0.25, 0.3) is 0 Å². The number of aliphatic hydroxyl groups excluding tert-OH is 2. The molecule has 3 rings (SSSR count). The van der Waals surface area contributed by atoms with Crippen molar-refractivity contribution in [2.45, 2.75) is 67.4 Å². The third-order valence-corrected chi connectivity index (χ3v) is 6.15. The lowest BCUT2D eigenvalue weighted by atomic mass is 9.74. The average molecular weight is 468 g/mol. The average Bonchev–Trinajstić information content (AvgIpc) is 2.96. The van der Waals surface area contributed by atoms with Gasteiger partial charge in [0.05, 0.1) is 0 Å². The summed E-state index contributed by atoms with van der Waals surface area (Å²) >= 11 is 0. The summed E-state index contributed by atoms with van der Waals surface area (Å²) in [5.74, 6) is -9.23. The van der Waals surface area contributed by atoms with Gasteiger partial charge in [-0.25, -0.2) is 14.4 Å². The zero-order valence-electron chi connectivity index (χ0n) is 17.3. The maximum absolute atomic E-state index is 12.2. The first-order valence-electron chi connectivity index (χ1n) is 10.1.